The Hall–Kier alpha value is -0.900. The molecule has 0 aromatic heterocycles. The first kappa shape index (κ1) is 11.2. The maximum Gasteiger partial charge on any atom is 0.313 e. The molecule has 0 radical (unpaired) electrons. The van der Waals surface area contributed by atoms with Gasteiger partial charge in [-0.15, -0.1) is 0 Å². The van der Waals surface area contributed by atoms with Crippen LogP contribution < -0.4 is 5.32 Å². The van der Waals surface area contributed by atoms with Gasteiger partial charge in [0.25, 0.3) is 0 Å². The van der Waals surface area contributed by atoms with Crippen LogP contribution in [0.3, 0.4) is 0 Å². The van der Waals surface area contributed by atoms with Crippen LogP contribution >= 0.6 is 0 Å². The molecular weight excluding hydrogens is 182 g/mol. The van der Waals surface area contributed by atoms with E-state index in [1.807, 2.05) is 0 Å². The van der Waals surface area contributed by atoms with Gasteiger partial charge in [-0.3, -0.25) is 9.59 Å². The first-order valence-electron chi connectivity index (χ1n) is 5.15. The molecule has 14 heavy (non-hydrogen) atoms. The normalized spacial score (nSPS) is 21.6. The lowest BCUT2D eigenvalue weighted by Crippen LogP contribution is -2.41. The van der Waals surface area contributed by atoms with Gasteiger partial charge >= 0.3 is 5.97 Å². The minimum absolute atomic E-state index is 0.0387. The van der Waals surface area contributed by atoms with Crippen LogP contribution in [0.1, 0.15) is 32.6 Å². The van der Waals surface area contributed by atoms with Crippen LogP contribution in [0.4, 0.5) is 0 Å². The molecule has 0 unspecified atom stereocenters. The van der Waals surface area contributed by atoms with E-state index in [1.165, 1.54) is 0 Å². The van der Waals surface area contributed by atoms with E-state index in [2.05, 4.69) is 5.32 Å². The summed E-state index contributed by atoms with van der Waals surface area (Å²) in [6.45, 7) is 2.95. The highest BCUT2D eigenvalue weighted by atomic mass is 16.5. The lowest BCUT2D eigenvalue weighted by Gasteiger charge is -2.21. The molecule has 0 bridgehead atoms. The summed E-state index contributed by atoms with van der Waals surface area (Å²) in [6.07, 6.45) is 2.93. The Morgan fingerprint density at radius 3 is 2.79 bits per heavy atom. The van der Waals surface area contributed by atoms with Crippen molar-refractivity contribution in [3.8, 4) is 0 Å². The predicted octanol–water partition coefficient (Wildman–Crippen LogP) is 0.651. The molecule has 0 aliphatic carbocycles. The first-order chi connectivity index (χ1) is 6.74. The van der Waals surface area contributed by atoms with Gasteiger partial charge in [-0.05, 0) is 26.3 Å². The fourth-order valence-corrected chi connectivity index (χ4v) is 1.60. The SMILES string of the molecule is CCOC(=O)CC(=O)[C@@H]1CCCCN1. The standard InChI is InChI=1S/C10H17NO3/c1-2-14-10(13)7-9(12)8-5-3-4-6-11-8/h8,11H,2-7H2,1H3/t8-/m0/s1. The van der Waals surface area contributed by atoms with Crippen molar-refractivity contribution in [1.82, 2.24) is 5.32 Å². The second-order valence-electron chi connectivity index (χ2n) is 3.45. The number of ketones is 1. The molecule has 0 amide bonds. The number of hydrogen-bond acceptors (Lipinski definition) is 4. The van der Waals surface area contributed by atoms with Crippen LogP contribution in [0, 0.1) is 0 Å². The third-order valence-corrected chi connectivity index (χ3v) is 2.32. The smallest absolute Gasteiger partial charge is 0.313 e. The van der Waals surface area contributed by atoms with Crippen molar-refractivity contribution in [3.05, 3.63) is 0 Å². The Morgan fingerprint density at radius 2 is 2.21 bits per heavy atom. The van der Waals surface area contributed by atoms with E-state index in [4.69, 9.17) is 4.74 Å². The summed E-state index contributed by atoms with van der Waals surface area (Å²) in [5, 5.41) is 3.11. The summed E-state index contributed by atoms with van der Waals surface area (Å²) in [7, 11) is 0. The van der Waals surface area contributed by atoms with Crippen LogP contribution in [-0.2, 0) is 14.3 Å². The van der Waals surface area contributed by atoms with E-state index in [0.717, 1.165) is 25.8 Å². The van der Waals surface area contributed by atoms with Crippen molar-refractivity contribution in [1.29, 1.82) is 0 Å². The quantitative estimate of drug-likeness (QED) is 0.533. The molecule has 1 aliphatic heterocycles. The molecule has 1 saturated heterocycles. The number of Topliss-reactive ketones (excluding diaryl/α,β-unsaturated/α-hetero) is 1. The highest BCUT2D eigenvalue weighted by molar-refractivity contribution is 5.98. The number of carbonyl (C=O) groups is 2. The van der Waals surface area contributed by atoms with Crippen molar-refractivity contribution in [2.45, 2.75) is 38.6 Å². The Kier molecular flexibility index (Phi) is 4.59. The van der Waals surface area contributed by atoms with E-state index < -0.39 is 5.97 Å². The van der Waals surface area contributed by atoms with E-state index in [-0.39, 0.29) is 18.2 Å². The molecular formula is C10H17NO3. The van der Waals surface area contributed by atoms with Crippen molar-refractivity contribution in [2.24, 2.45) is 0 Å². The van der Waals surface area contributed by atoms with Gasteiger partial charge in [0, 0.05) is 0 Å². The molecule has 0 spiro atoms. The maximum atomic E-state index is 11.5. The maximum absolute atomic E-state index is 11.5. The number of carbonyl (C=O) groups excluding carboxylic acids is 2. The van der Waals surface area contributed by atoms with Gasteiger partial charge in [-0.1, -0.05) is 6.42 Å². The number of rotatable bonds is 4. The van der Waals surface area contributed by atoms with Gasteiger partial charge in [0.15, 0.2) is 5.78 Å². The molecule has 1 rings (SSSR count). The second kappa shape index (κ2) is 5.75. The van der Waals surface area contributed by atoms with Crippen LogP contribution in [0.15, 0.2) is 0 Å². The topological polar surface area (TPSA) is 55.4 Å². The van der Waals surface area contributed by atoms with Gasteiger partial charge in [-0.2, -0.15) is 0 Å². The summed E-state index contributed by atoms with van der Waals surface area (Å²) < 4.78 is 4.72. The lowest BCUT2D eigenvalue weighted by atomic mass is 9.99. The summed E-state index contributed by atoms with van der Waals surface area (Å²) in [5.74, 6) is -0.451. The Labute approximate surface area is 84.0 Å². The average Bonchev–Trinajstić information content (AvgIpc) is 2.19. The zero-order chi connectivity index (χ0) is 10.4. The third-order valence-electron chi connectivity index (χ3n) is 2.32. The van der Waals surface area contributed by atoms with E-state index in [1.54, 1.807) is 6.92 Å². The van der Waals surface area contributed by atoms with Gasteiger partial charge in [0.1, 0.15) is 6.42 Å². The fraction of sp³-hybridized carbons (Fsp3) is 0.800. The number of esters is 1. The van der Waals surface area contributed by atoms with E-state index >= 15 is 0 Å². The molecule has 0 aromatic carbocycles. The summed E-state index contributed by atoms with van der Waals surface area (Å²) >= 11 is 0. The Balaban J connectivity index is 2.29. The van der Waals surface area contributed by atoms with Gasteiger partial charge < -0.3 is 10.1 Å². The Morgan fingerprint density at radius 1 is 1.43 bits per heavy atom. The van der Waals surface area contributed by atoms with Gasteiger partial charge in [-0.25, -0.2) is 0 Å². The molecule has 1 fully saturated rings. The molecule has 4 nitrogen and oxygen atoms in total. The van der Waals surface area contributed by atoms with Crippen molar-refractivity contribution < 1.29 is 14.3 Å². The predicted molar refractivity (Wildman–Crippen MR) is 51.9 cm³/mol. The van der Waals surface area contributed by atoms with E-state index in [9.17, 15) is 9.59 Å². The summed E-state index contributed by atoms with van der Waals surface area (Å²) in [5.41, 5.74) is 0. The van der Waals surface area contributed by atoms with Crippen molar-refractivity contribution in [3.63, 3.8) is 0 Å². The summed E-state index contributed by atoms with van der Waals surface area (Å²) in [6, 6.07) is -0.131. The zero-order valence-electron chi connectivity index (χ0n) is 8.54. The molecule has 0 saturated carbocycles. The molecule has 0 aromatic rings. The number of piperidine rings is 1. The van der Waals surface area contributed by atoms with Crippen LogP contribution in [0.2, 0.25) is 0 Å². The van der Waals surface area contributed by atoms with E-state index in [0.29, 0.717) is 6.61 Å². The lowest BCUT2D eigenvalue weighted by molar-refractivity contribution is -0.146. The van der Waals surface area contributed by atoms with Crippen LogP contribution in [-0.4, -0.2) is 30.9 Å². The van der Waals surface area contributed by atoms with Crippen molar-refractivity contribution >= 4 is 11.8 Å². The minimum Gasteiger partial charge on any atom is -0.466 e. The monoisotopic (exact) mass is 199 g/mol. The first-order valence-corrected chi connectivity index (χ1v) is 5.15. The molecule has 80 valence electrons. The van der Waals surface area contributed by atoms with Crippen LogP contribution in [0.25, 0.3) is 0 Å². The highest BCUT2D eigenvalue weighted by Crippen LogP contribution is 2.09. The molecule has 1 heterocycles. The largest absolute Gasteiger partial charge is 0.466 e. The molecule has 1 N–H and O–H groups in total. The third kappa shape index (κ3) is 3.46. The molecule has 4 heteroatoms. The number of hydrogen-bond donors (Lipinski definition) is 1. The van der Waals surface area contributed by atoms with Crippen molar-refractivity contribution in [2.75, 3.05) is 13.2 Å². The second-order valence-corrected chi connectivity index (χ2v) is 3.45. The number of nitrogens with one attached hydrogen (secondary N) is 1. The zero-order valence-corrected chi connectivity index (χ0v) is 8.54. The average molecular weight is 199 g/mol. The molecule has 1 aliphatic rings. The molecule has 1 atom stereocenters. The van der Waals surface area contributed by atoms with Crippen LogP contribution in [0.5, 0.6) is 0 Å². The summed E-state index contributed by atoms with van der Waals surface area (Å²) in [4.78, 5) is 22.5. The van der Waals surface area contributed by atoms with Gasteiger partial charge in [0.2, 0.25) is 0 Å². The Bertz CT molecular complexity index is 209. The number of ether oxygens (including phenoxy) is 1. The minimum atomic E-state index is -0.412. The van der Waals surface area contributed by atoms with Gasteiger partial charge in [0.05, 0.1) is 12.6 Å². The fourth-order valence-electron chi connectivity index (χ4n) is 1.60. The highest BCUT2D eigenvalue weighted by Gasteiger charge is 2.22.